The Hall–Kier alpha value is -1.69. The minimum atomic E-state index is -0.439. The predicted octanol–water partition coefficient (Wildman–Crippen LogP) is 2.28. The van der Waals surface area contributed by atoms with E-state index in [-0.39, 0.29) is 11.3 Å². The van der Waals surface area contributed by atoms with E-state index in [9.17, 15) is 10.1 Å². The molecule has 2 heterocycles. The molecule has 98 valence electrons. The molecular weight excluding hydrogens is 234 g/mol. The van der Waals surface area contributed by atoms with Gasteiger partial charge in [0, 0.05) is 19.2 Å². The highest BCUT2D eigenvalue weighted by atomic mass is 16.6. The lowest BCUT2D eigenvalue weighted by atomic mass is 10.0. The summed E-state index contributed by atoms with van der Waals surface area (Å²) in [5.41, 5.74) is 0.628. The number of hydrogen-bond acceptors (Lipinski definition) is 5. The van der Waals surface area contributed by atoms with Gasteiger partial charge in [0.1, 0.15) is 12.0 Å². The average Bonchev–Trinajstić information content (AvgIpc) is 2.75. The lowest BCUT2D eigenvalue weighted by Gasteiger charge is -2.24. The minimum absolute atomic E-state index is 0.0152. The van der Waals surface area contributed by atoms with Crippen molar-refractivity contribution in [1.29, 1.82) is 0 Å². The topological polar surface area (TPSA) is 77.3 Å². The number of aromatic nitrogens is 1. The lowest BCUT2D eigenvalue weighted by molar-refractivity contribution is -0.385. The molecule has 0 aliphatic carbocycles. The van der Waals surface area contributed by atoms with Crippen LogP contribution in [0.5, 0.6) is 0 Å². The maximum Gasteiger partial charge on any atom is 0.287 e. The van der Waals surface area contributed by atoms with Crippen molar-refractivity contribution in [2.75, 3.05) is 18.5 Å². The summed E-state index contributed by atoms with van der Waals surface area (Å²) >= 11 is 0. The molecule has 1 saturated heterocycles. The van der Waals surface area contributed by atoms with Crippen LogP contribution in [0.2, 0.25) is 0 Å². The highest BCUT2D eigenvalue weighted by molar-refractivity contribution is 5.48. The van der Waals surface area contributed by atoms with Gasteiger partial charge in [-0.15, -0.1) is 0 Å². The normalized spacial score (nSPS) is 23.0. The smallest absolute Gasteiger partial charge is 0.287 e. The Bertz CT molecular complexity index is 456. The molecular formula is C12H17N3O3. The number of anilines is 1. The van der Waals surface area contributed by atoms with Crippen LogP contribution in [-0.4, -0.2) is 28.7 Å². The highest BCUT2D eigenvalue weighted by Gasteiger charge is 2.29. The zero-order valence-corrected chi connectivity index (χ0v) is 10.6. The van der Waals surface area contributed by atoms with Crippen LogP contribution in [0, 0.1) is 17.0 Å². The largest absolute Gasteiger partial charge is 0.373 e. The predicted molar refractivity (Wildman–Crippen MR) is 67.7 cm³/mol. The maximum atomic E-state index is 10.6. The van der Waals surface area contributed by atoms with Gasteiger partial charge < -0.3 is 10.1 Å². The summed E-state index contributed by atoms with van der Waals surface area (Å²) in [4.78, 5) is 14.3. The second-order valence-electron chi connectivity index (χ2n) is 4.87. The minimum Gasteiger partial charge on any atom is -0.373 e. The number of nitro groups is 1. The lowest BCUT2D eigenvalue weighted by Crippen LogP contribution is -2.32. The first-order valence-electron chi connectivity index (χ1n) is 5.99. The summed E-state index contributed by atoms with van der Waals surface area (Å²) in [5, 5.41) is 13.8. The number of rotatable bonds is 4. The van der Waals surface area contributed by atoms with Gasteiger partial charge >= 0.3 is 0 Å². The Morgan fingerprint density at radius 3 is 3.00 bits per heavy atom. The molecule has 0 radical (unpaired) electrons. The van der Waals surface area contributed by atoms with Crippen LogP contribution in [0.1, 0.15) is 25.3 Å². The fourth-order valence-corrected chi connectivity index (χ4v) is 2.09. The van der Waals surface area contributed by atoms with Crippen LogP contribution in [0.4, 0.5) is 11.5 Å². The molecule has 6 heteroatoms. The van der Waals surface area contributed by atoms with E-state index < -0.39 is 4.92 Å². The number of hydrogen-bond donors (Lipinski definition) is 1. The maximum absolute atomic E-state index is 10.6. The molecule has 1 aromatic rings. The van der Waals surface area contributed by atoms with Crippen molar-refractivity contribution < 1.29 is 9.66 Å². The van der Waals surface area contributed by atoms with E-state index in [0.29, 0.717) is 12.4 Å². The van der Waals surface area contributed by atoms with Crippen molar-refractivity contribution in [2.45, 2.75) is 32.3 Å². The Labute approximate surface area is 106 Å². The van der Waals surface area contributed by atoms with Gasteiger partial charge in [-0.25, -0.2) is 4.98 Å². The second kappa shape index (κ2) is 4.89. The molecule has 1 atom stereocenters. The number of nitrogens with one attached hydrogen (secondary N) is 1. The molecule has 0 saturated carbocycles. The van der Waals surface area contributed by atoms with Crippen LogP contribution in [0.15, 0.2) is 12.3 Å². The van der Waals surface area contributed by atoms with E-state index in [1.54, 1.807) is 6.92 Å². The third kappa shape index (κ3) is 2.76. The van der Waals surface area contributed by atoms with Crippen molar-refractivity contribution in [2.24, 2.45) is 0 Å². The van der Waals surface area contributed by atoms with E-state index in [4.69, 9.17) is 4.74 Å². The fraction of sp³-hybridized carbons (Fsp3) is 0.583. The van der Waals surface area contributed by atoms with Gasteiger partial charge in [0.15, 0.2) is 0 Å². The summed E-state index contributed by atoms with van der Waals surface area (Å²) in [7, 11) is 0. The van der Waals surface area contributed by atoms with Crippen molar-refractivity contribution in [3.63, 3.8) is 0 Å². The van der Waals surface area contributed by atoms with Gasteiger partial charge in [-0.05, 0) is 32.3 Å². The van der Waals surface area contributed by atoms with Gasteiger partial charge in [0.25, 0.3) is 5.69 Å². The van der Waals surface area contributed by atoms with Crippen LogP contribution in [0.3, 0.4) is 0 Å². The van der Waals surface area contributed by atoms with Gasteiger partial charge in [-0.2, -0.15) is 0 Å². The molecule has 1 N–H and O–H groups in total. The van der Waals surface area contributed by atoms with E-state index in [0.717, 1.165) is 25.0 Å². The van der Waals surface area contributed by atoms with Crippen molar-refractivity contribution in [3.8, 4) is 0 Å². The summed E-state index contributed by atoms with van der Waals surface area (Å²) in [5.74, 6) is 0.678. The van der Waals surface area contributed by atoms with Crippen molar-refractivity contribution >= 4 is 11.5 Å². The fourth-order valence-electron chi connectivity index (χ4n) is 2.09. The summed E-state index contributed by atoms with van der Waals surface area (Å²) < 4.78 is 5.67. The van der Waals surface area contributed by atoms with Gasteiger partial charge in [0.2, 0.25) is 0 Å². The van der Waals surface area contributed by atoms with Crippen LogP contribution >= 0.6 is 0 Å². The highest BCUT2D eigenvalue weighted by Crippen LogP contribution is 2.26. The molecule has 1 unspecified atom stereocenters. The van der Waals surface area contributed by atoms with Crippen molar-refractivity contribution in [1.82, 2.24) is 4.98 Å². The third-order valence-electron chi connectivity index (χ3n) is 3.20. The van der Waals surface area contributed by atoms with Gasteiger partial charge in [-0.3, -0.25) is 10.1 Å². The Morgan fingerprint density at radius 2 is 2.44 bits per heavy atom. The summed E-state index contributed by atoms with van der Waals surface area (Å²) in [6.45, 7) is 5.33. The molecule has 1 aliphatic heterocycles. The number of aryl methyl sites for hydroxylation is 1. The molecule has 1 aliphatic rings. The monoisotopic (exact) mass is 251 g/mol. The summed E-state index contributed by atoms with van der Waals surface area (Å²) in [6, 6.07) is 1.52. The Kier molecular flexibility index (Phi) is 3.47. The van der Waals surface area contributed by atoms with E-state index in [2.05, 4.69) is 17.2 Å². The first-order chi connectivity index (χ1) is 8.50. The van der Waals surface area contributed by atoms with E-state index in [1.165, 1.54) is 12.3 Å². The van der Waals surface area contributed by atoms with Crippen LogP contribution < -0.4 is 5.32 Å². The van der Waals surface area contributed by atoms with Crippen LogP contribution in [-0.2, 0) is 4.74 Å². The standard InChI is InChI=1S/C12H17N3O3/c1-9-6-10(15(16)17)7-13-11(9)14-8-12(2)4-3-5-18-12/h6-7H,3-5,8H2,1-2H3,(H,13,14). The number of nitrogens with zero attached hydrogens (tertiary/aromatic N) is 2. The molecule has 2 rings (SSSR count). The molecule has 0 aromatic carbocycles. The molecule has 1 aromatic heterocycles. The van der Waals surface area contributed by atoms with Crippen molar-refractivity contribution in [3.05, 3.63) is 27.9 Å². The summed E-state index contributed by atoms with van der Waals surface area (Å²) in [6.07, 6.45) is 3.37. The average molecular weight is 251 g/mol. The molecule has 0 bridgehead atoms. The van der Waals surface area contributed by atoms with E-state index in [1.807, 2.05) is 0 Å². The van der Waals surface area contributed by atoms with Gasteiger partial charge in [0.05, 0.1) is 10.5 Å². The number of pyridine rings is 1. The zero-order valence-electron chi connectivity index (χ0n) is 10.6. The number of ether oxygens (including phenoxy) is 1. The zero-order chi connectivity index (χ0) is 13.2. The molecule has 0 spiro atoms. The first kappa shape index (κ1) is 12.8. The molecule has 18 heavy (non-hydrogen) atoms. The SMILES string of the molecule is Cc1cc([N+](=O)[O-])cnc1NCC1(C)CCCO1. The Morgan fingerprint density at radius 1 is 1.67 bits per heavy atom. The van der Waals surface area contributed by atoms with E-state index >= 15 is 0 Å². The second-order valence-corrected chi connectivity index (χ2v) is 4.87. The Balaban J connectivity index is 2.03. The quantitative estimate of drug-likeness (QED) is 0.656. The molecule has 0 amide bonds. The van der Waals surface area contributed by atoms with Gasteiger partial charge in [-0.1, -0.05) is 0 Å². The molecule has 1 fully saturated rings. The first-order valence-corrected chi connectivity index (χ1v) is 5.99. The van der Waals surface area contributed by atoms with Crippen LogP contribution in [0.25, 0.3) is 0 Å². The molecule has 6 nitrogen and oxygen atoms in total. The third-order valence-corrected chi connectivity index (χ3v) is 3.20.